The largest absolute Gasteiger partial charge is 0.382 e. The smallest absolute Gasteiger partial charge is 0.224 e. The van der Waals surface area contributed by atoms with Crippen LogP contribution in [0.4, 0.5) is 11.8 Å². The first-order chi connectivity index (χ1) is 7.77. The summed E-state index contributed by atoms with van der Waals surface area (Å²) in [5.41, 5.74) is 0. The molecule has 0 aliphatic rings. The number of halogens is 1. The molecule has 0 aromatic carbocycles. The molecule has 0 radical (unpaired) electrons. The van der Waals surface area contributed by atoms with Gasteiger partial charge in [-0.1, -0.05) is 11.6 Å². The summed E-state index contributed by atoms with van der Waals surface area (Å²) in [6.07, 6.45) is 2.49. The fraction of sp³-hybridized carbons (Fsp3) is 0.600. The maximum atomic E-state index is 5.95. The molecule has 2 N–H and O–H groups in total. The topological polar surface area (TPSA) is 59.1 Å². The van der Waals surface area contributed by atoms with Gasteiger partial charge in [-0.05, 0) is 13.3 Å². The van der Waals surface area contributed by atoms with Crippen molar-refractivity contribution in [2.75, 3.05) is 37.4 Å². The van der Waals surface area contributed by atoms with E-state index in [9.17, 15) is 0 Å². The van der Waals surface area contributed by atoms with E-state index in [-0.39, 0.29) is 0 Å². The molecule has 0 fully saturated rings. The Morgan fingerprint density at radius 1 is 1.50 bits per heavy atom. The molecule has 0 aliphatic carbocycles. The second-order valence-electron chi connectivity index (χ2n) is 3.12. The molecule has 1 rings (SSSR count). The summed E-state index contributed by atoms with van der Waals surface area (Å²) < 4.78 is 5.23. The summed E-state index contributed by atoms with van der Waals surface area (Å²) in [6.45, 7) is 4.25. The van der Waals surface area contributed by atoms with Gasteiger partial charge < -0.3 is 15.4 Å². The summed E-state index contributed by atoms with van der Waals surface area (Å²) in [6, 6.07) is 0. The molecule has 1 aromatic rings. The predicted molar refractivity (Wildman–Crippen MR) is 66.2 cm³/mol. The van der Waals surface area contributed by atoms with Crippen molar-refractivity contribution in [2.24, 2.45) is 0 Å². The van der Waals surface area contributed by atoms with Crippen LogP contribution in [0.1, 0.15) is 13.3 Å². The van der Waals surface area contributed by atoms with Crippen molar-refractivity contribution in [2.45, 2.75) is 13.3 Å². The molecule has 0 bridgehead atoms. The quantitative estimate of drug-likeness (QED) is 0.719. The zero-order valence-electron chi connectivity index (χ0n) is 9.59. The molecular weight excluding hydrogens is 228 g/mol. The van der Waals surface area contributed by atoms with E-state index >= 15 is 0 Å². The minimum absolute atomic E-state index is 0.524. The molecule has 6 heteroatoms. The Morgan fingerprint density at radius 3 is 3.00 bits per heavy atom. The molecule has 1 heterocycles. The molecule has 1 aromatic heterocycles. The number of rotatable bonds is 7. The molecule has 0 spiro atoms. The fourth-order valence-corrected chi connectivity index (χ4v) is 1.29. The molecule has 0 aliphatic heterocycles. The monoisotopic (exact) mass is 244 g/mol. The van der Waals surface area contributed by atoms with Gasteiger partial charge in [-0.15, -0.1) is 0 Å². The SMILES string of the molecule is CCOCCCNc1nc(NC)ncc1Cl. The maximum Gasteiger partial charge on any atom is 0.224 e. The van der Waals surface area contributed by atoms with Crippen molar-refractivity contribution >= 4 is 23.4 Å². The van der Waals surface area contributed by atoms with Crippen LogP contribution in [0.15, 0.2) is 6.20 Å². The van der Waals surface area contributed by atoms with Crippen molar-refractivity contribution in [1.82, 2.24) is 9.97 Å². The summed E-state index contributed by atoms with van der Waals surface area (Å²) in [5.74, 6) is 1.20. The zero-order chi connectivity index (χ0) is 11.8. The van der Waals surface area contributed by atoms with E-state index in [1.807, 2.05) is 6.92 Å². The third-order valence-electron chi connectivity index (χ3n) is 1.93. The van der Waals surface area contributed by atoms with E-state index in [4.69, 9.17) is 16.3 Å². The summed E-state index contributed by atoms with van der Waals surface area (Å²) in [4.78, 5) is 8.20. The highest BCUT2D eigenvalue weighted by Crippen LogP contribution is 2.18. The van der Waals surface area contributed by atoms with Crippen LogP contribution in [0, 0.1) is 0 Å². The van der Waals surface area contributed by atoms with Crippen LogP contribution in [0.3, 0.4) is 0 Å². The van der Waals surface area contributed by atoms with E-state index in [1.54, 1.807) is 13.2 Å². The van der Waals surface area contributed by atoms with Crippen LogP contribution in [-0.4, -0.2) is 36.8 Å². The van der Waals surface area contributed by atoms with E-state index in [1.165, 1.54) is 0 Å². The standard InChI is InChI=1S/C10H17ClN4O/c1-3-16-6-4-5-13-9-8(11)7-14-10(12-2)15-9/h7H,3-6H2,1-2H3,(H2,12,13,14,15). The highest BCUT2D eigenvalue weighted by molar-refractivity contribution is 6.32. The van der Waals surface area contributed by atoms with E-state index < -0.39 is 0 Å². The van der Waals surface area contributed by atoms with Gasteiger partial charge in [-0.2, -0.15) is 4.98 Å². The van der Waals surface area contributed by atoms with Crippen molar-refractivity contribution < 1.29 is 4.74 Å². The van der Waals surface area contributed by atoms with Crippen LogP contribution in [0.25, 0.3) is 0 Å². The Balaban J connectivity index is 2.40. The Morgan fingerprint density at radius 2 is 2.31 bits per heavy atom. The Bertz CT molecular complexity index is 322. The number of nitrogens with zero attached hydrogens (tertiary/aromatic N) is 2. The second-order valence-corrected chi connectivity index (χ2v) is 3.52. The number of aromatic nitrogens is 2. The van der Waals surface area contributed by atoms with Gasteiger partial charge in [0.1, 0.15) is 10.8 Å². The number of hydrogen-bond donors (Lipinski definition) is 2. The number of ether oxygens (including phenoxy) is 1. The van der Waals surface area contributed by atoms with Gasteiger partial charge in [-0.25, -0.2) is 4.98 Å². The predicted octanol–water partition coefficient (Wildman–Crippen LogP) is 2.01. The fourth-order valence-electron chi connectivity index (χ4n) is 1.14. The van der Waals surface area contributed by atoms with Crippen LogP contribution in [-0.2, 0) is 4.74 Å². The van der Waals surface area contributed by atoms with Gasteiger partial charge in [0, 0.05) is 26.8 Å². The van der Waals surface area contributed by atoms with Gasteiger partial charge in [0.05, 0.1) is 6.20 Å². The highest BCUT2D eigenvalue weighted by Gasteiger charge is 2.03. The molecule has 0 saturated heterocycles. The molecule has 0 unspecified atom stereocenters. The molecule has 16 heavy (non-hydrogen) atoms. The van der Waals surface area contributed by atoms with Crippen LogP contribution in [0.2, 0.25) is 5.02 Å². The Labute approximate surface area is 101 Å². The number of anilines is 2. The molecule has 0 saturated carbocycles. The lowest BCUT2D eigenvalue weighted by Crippen LogP contribution is -2.08. The average Bonchev–Trinajstić information content (AvgIpc) is 2.31. The van der Waals surface area contributed by atoms with E-state index in [2.05, 4.69) is 20.6 Å². The molecule has 5 nitrogen and oxygen atoms in total. The summed E-state index contributed by atoms with van der Waals surface area (Å²) >= 11 is 5.95. The minimum Gasteiger partial charge on any atom is -0.382 e. The van der Waals surface area contributed by atoms with E-state index in [0.717, 1.165) is 26.2 Å². The van der Waals surface area contributed by atoms with Crippen molar-refractivity contribution in [3.05, 3.63) is 11.2 Å². The number of nitrogens with one attached hydrogen (secondary N) is 2. The van der Waals surface area contributed by atoms with E-state index in [0.29, 0.717) is 16.8 Å². The summed E-state index contributed by atoms with van der Waals surface area (Å²) in [7, 11) is 1.77. The Kier molecular flexibility index (Phi) is 5.88. The van der Waals surface area contributed by atoms with Crippen molar-refractivity contribution in [3.8, 4) is 0 Å². The first kappa shape index (κ1) is 13.0. The third-order valence-corrected chi connectivity index (χ3v) is 2.21. The molecular formula is C10H17ClN4O. The van der Waals surface area contributed by atoms with Crippen LogP contribution in [0.5, 0.6) is 0 Å². The highest BCUT2D eigenvalue weighted by atomic mass is 35.5. The van der Waals surface area contributed by atoms with Gasteiger partial charge >= 0.3 is 0 Å². The third kappa shape index (κ3) is 4.20. The lowest BCUT2D eigenvalue weighted by atomic mass is 10.4. The first-order valence-electron chi connectivity index (χ1n) is 5.29. The zero-order valence-corrected chi connectivity index (χ0v) is 10.3. The summed E-state index contributed by atoms with van der Waals surface area (Å²) in [5, 5.41) is 6.53. The molecule has 0 atom stereocenters. The minimum atomic E-state index is 0.524. The van der Waals surface area contributed by atoms with Gasteiger partial charge in [0.2, 0.25) is 5.95 Å². The maximum absolute atomic E-state index is 5.95. The van der Waals surface area contributed by atoms with Gasteiger partial charge in [0.15, 0.2) is 0 Å². The normalized spacial score (nSPS) is 10.2. The van der Waals surface area contributed by atoms with Crippen LogP contribution < -0.4 is 10.6 Å². The molecule has 0 amide bonds. The van der Waals surface area contributed by atoms with Gasteiger partial charge in [-0.3, -0.25) is 0 Å². The Hall–Kier alpha value is -1.07. The second kappa shape index (κ2) is 7.24. The number of hydrogen-bond acceptors (Lipinski definition) is 5. The average molecular weight is 245 g/mol. The van der Waals surface area contributed by atoms with Gasteiger partial charge in [0.25, 0.3) is 0 Å². The molecule has 90 valence electrons. The van der Waals surface area contributed by atoms with Crippen LogP contribution >= 0.6 is 11.6 Å². The van der Waals surface area contributed by atoms with Crippen molar-refractivity contribution in [3.63, 3.8) is 0 Å². The lowest BCUT2D eigenvalue weighted by molar-refractivity contribution is 0.147. The first-order valence-corrected chi connectivity index (χ1v) is 5.67. The lowest BCUT2D eigenvalue weighted by Gasteiger charge is -2.08. The van der Waals surface area contributed by atoms with Crippen molar-refractivity contribution in [1.29, 1.82) is 0 Å².